The van der Waals surface area contributed by atoms with E-state index >= 15 is 0 Å². The molecule has 1 aromatic heterocycles. The Morgan fingerprint density at radius 3 is 2.84 bits per heavy atom. The van der Waals surface area contributed by atoms with Gasteiger partial charge in [0.1, 0.15) is 11.6 Å². The van der Waals surface area contributed by atoms with Crippen LogP contribution >= 0.6 is 0 Å². The van der Waals surface area contributed by atoms with E-state index < -0.39 is 0 Å². The molecule has 1 amide bonds. The summed E-state index contributed by atoms with van der Waals surface area (Å²) in [5.74, 6) is 0.904. The summed E-state index contributed by atoms with van der Waals surface area (Å²) in [7, 11) is 0. The maximum Gasteiger partial charge on any atom is 0.221 e. The highest BCUT2D eigenvalue weighted by Crippen LogP contribution is 2.30. The number of aromatic amines is 1. The number of H-pyrrole nitrogens is 1. The van der Waals surface area contributed by atoms with Crippen molar-refractivity contribution in [1.82, 2.24) is 10.2 Å². The molecule has 0 aliphatic carbocycles. The Bertz CT molecular complexity index is 592. The molecule has 2 rings (SSSR count). The monoisotopic (exact) mass is 260 g/mol. The largest absolute Gasteiger partial charge is 0.492 e. The molecule has 0 aliphatic heterocycles. The molecule has 0 bridgehead atoms. The van der Waals surface area contributed by atoms with Crippen molar-refractivity contribution in [2.75, 3.05) is 17.7 Å². The van der Waals surface area contributed by atoms with Gasteiger partial charge in [-0.05, 0) is 25.1 Å². The van der Waals surface area contributed by atoms with Gasteiger partial charge < -0.3 is 15.8 Å². The highest BCUT2D eigenvalue weighted by atomic mass is 16.5. The summed E-state index contributed by atoms with van der Waals surface area (Å²) in [6.07, 6.45) is 0. The number of nitrogen functional groups attached to an aromatic ring is 1. The van der Waals surface area contributed by atoms with Crippen molar-refractivity contribution in [2.24, 2.45) is 0 Å². The molecule has 0 spiro atoms. The van der Waals surface area contributed by atoms with Crippen LogP contribution in [0.4, 0.5) is 11.5 Å². The van der Waals surface area contributed by atoms with Gasteiger partial charge >= 0.3 is 0 Å². The number of carbonyl (C=O) groups is 1. The van der Waals surface area contributed by atoms with E-state index in [4.69, 9.17) is 10.5 Å². The highest BCUT2D eigenvalue weighted by Gasteiger charge is 2.09. The summed E-state index contributed by atoms with van der Waals surface area (Å²) in [4.78, 5) is 11.2. The number of carbonyl (C=O) groups excluding carboxylic acids is 1. The third kappa shape index (κ3) is 3.04. The Balaban J connectivity index is 2.39. The minimum atomic E-state index is -0.151. The Morgan fingerprint density at radius 1 is 1.47 bits per heavy atom. The van der Waals surface area contributed by atoms with E-state index in [1.54, 1.807) is 12.1 Å². The number of anilines is 2. The standard InChI is InChI=1S/C13H16N4O2/c1-3-19-12-5-4-9(6-11(12)15-8(2)18)10-7-13(14)17-16-10/h4-7H,3H2,1-2H3,(H,15,18)(H3,14,16,17). The lowest BCUT2D eigenvalue weighted by Crippen LogP contribution is -2.08. The predicted molar refractivity (Wildman–Crippen MR) is 73.9 cm³/mol. The number of aromatic nitrogens is 2. The second-order valence-electron chi connectivity index (χ2n) is 4.03. The number of benzene rings is 1. The average Bonchev–Trinajstić information content (AvgIpc) is 2.78. The van der Waals surface area contributed by atoms with E-state index in [0.717, 1.165) is 11.3 Å². The Morgan fingerprint density at radius 2 is 2.26 bits per heavy atom. The minimum absolute atomic E-state index is 0.151. The van der Waals surface area contributed by atoms with E-state index in [2.05, 4.69) is 15.5 Å². The molecule has 19 heavy (non-hydrogen) atoms. The molecule has 0 radical (unpaired) electrons. The molecule has 1 heterocycles. The Kier molecular flexibility index (Phi) is 3.70. The molecule has 0 fully saturated rings. The molecule has 6 nitrogen and oxygen atoms in total. The van der Waals surface area contributed by atoms with Crippen molar-refractivity contribution in [2.45, 2.75) is 13.8 Å². The third-order valence-corrected chi connectivity index (χ3v) is 2.50. The van der Waals surface area contributed by atoms with Crippen molar-refractivity contribution in [3.05, 3.63) is 24.3 Å². The van der Waals surface area contributed by atoms with Crippen LogP contribution < -0.4 is 15.8 Å². The maximum atomic E-state index is 11.2. The van der Waals surface area contributed by atoms with Gasteiger partial charge in [0.2, 0.25) is 5.91 Å². The first-order valence-electron chi connectivity index (χ1n) is 5.96. The molecule has 0 aliphatic rings. The molecule has 4 N–H and O–H groups in total. The van der Waals surface area contributed by atoms with Crippen molar-refractivity contribution in [3.63, 3.8) is 0 Å². The molecule has 0 atom stereocenters. The number of hydrogen-bond donors (Lipinski definition) is 3. The molecule has 0 saturated heterocycles. The molecular formula is C13H16N4O2. The van der Waals surface area contributed by atoms with Crippen LogP contribution in [0.3, 0.4) is 0 Å². The first kappa shape index (κ1) is 12.9. The summed E-state index contributed by atoms with van der Waals surface area (Å²) in [6, 6.07) is 7.23. The van der Waals surface area contributed by atoms with Gasteiger partial charge in [-0.3, -0.25) is 9.89 Å². The Labute approximate surface area is 111 Å². The third-order valence-electron chi connectivity index (χ3n) is 2.50. The number of rotatable bonds is 4. The van der Waals surface area contributed by atoms with Crippen LogP contribution in [0.1, 0.15) is 13.8 Å². The summed E-state index contributed by atoms with van der Waals surface area (Å²) < 4.78 is 5.47. The van der Waals surface area contributed by atoms with Crippen LogP contribution in [0, 0.1) is 0 Å². The van der Waals surface area contributed by atoms with Gasteiger partial charge in [0.05, 0.1) is 18.0 Å². The van der Waals surface area contributed by atoms with E-state index in [1.165, 1.54) is 6.92 Å². The topological polar surface area (TPSA) is 93.0 Å². The molecule has 2 aromatic rings. The number of ether oxygens (including phenoxy) is 1. The van der Waals surface area contributed by atoms with Crippen LogP contribution in [-0.2, 0) is 4.79 Å². The number of nitrogens with one attached hydrogen (secondary N) is 2. The lowest BCUT2D eigenvalue weighted by molar-refractivity contribution is -0.114. The summed E-state index contributed by atoms with van der Waals surface area (Å²) in [5.41, 5.74) is 7.86. The van der Waals surface area contributed by atoms with E-state index in [0.29, 0.717) is 23.9 Å². The summed E-state index contributed by atoms with van der Waals surface area (Å²) in [6.45, 7) is 3.88. The fourth-order valence-electron chi connectivity index (χ4n) is 1.75. The number of amides is 1. The summed E-state index contributed by atoms with van der Waals surface area (Å²) in [5, 5.41) is 9.45. The van der Waals surface area contributed by atoms with Gasteiger partial charge in [-0.1, -0.05) is 0 Å². The average molecular weight is 260 g/mol. The van der Waals surface area contributed by atoms with Crippen LogP contribution in [0.25, 0.3) is 11.3 Å². The molecule has 0 saturated carbocycles. The normalized spacial score (nSPS) is 10.2. The van der Waals surface area contributed by atoms with Crippen LogP contribution in [0.2, 0.25) is 0 Å². The van der Waals surface area contributed by atoms with Crippen molar-refractivity contribution >= 4 is 17.4 Å². The van der Waals surface area contributed by atoms with E-state index in [1.807, 2.05) is 19.1 Å². The predicted octanol–water partition coefficient (Wildman–Crippen LogP) is 2.02. The van der Waals surface area contributed by atoms with Crippen molar-refractivity contribution in [3.8, 4) is 17.0 Å². The van der Waals surface area contributed by atoms with Crippen molar-refractivity contribution < 1.29 is 9.53 Å². The lowest BCUT2D eigenvalue weighted by atomic mass is 10.1. The zero-order valence-electron chi connectivity index (χ0n) is 10.9. The quantitative estimate of drug-likeness (QED) is 0.784. The second-order valence-corrected chi connectivity index (χ2v) is 4.03. The Hall–Kier alpha value is -2.50. The van der Waals surface area contributed by atoms with Gasteiger partial charge in [0.15, 0.2) is 0 Å². The molecular weight excluding hydrogens is 244 g/mol. The van der Waals surface area contributed by atoms with Crippen LogP contribution in [-0.4, -0.2) is 22.7 Å². The smallest absolute Gasteiger partial charge is 0.221 e. The minimum Gasteiger partial charge on any atom is -0.492 e. The van der Waals surface area contributed by atoms with Crippen molar-refractivity contribution in [1.29, 1.82) is 0 Å². The molecule has 6 heteroatoms. The first-order chi connectivity index (χ1) is 9.10. The highest BCUT2D eigenvalue weighted by molar-refractivity contribution is 5.91. The zero-order valence-corrected chi connectivity index (χ0v) is 10.9. The van der Waals surface area contributed by atoms with Crippen LogP contribution in [0.5, 0.6) is 5.75 Å². The van der Waals surface area contributed by atoms with Gasteiger partial charge in [-0.25, -0.2) is 0 Å². The summed E-state index contributed by atoms with van der Waals surface area (Å²) >= 11 is 0. The van der Waals surface area contributed by atoms with E-state index in [9.17, 15) is 4.79 Å². The zero-order chi connectivity index (χ0) is 13.8. The maximum absolute atomic E-state index is 11.2. The van der Waals surface area contributed by atoms with Crippen LogP contribution in [0.15, 0.2) is 24.3 Å². The second kappa shape index (κ2) is 5.43. The molecule has 100 valence electrons. The van der Waals surface area contributed by atoms with E-state index in [-0.39, 0.29) is 5.91 Å². The fraction of sp³-hybridized carbons (Fsp3) is 0.231. The SMILES string of the molecule is CCOc1ccc(-c2cc(N)n[nH]2)cc1NC(C)=O. The number of hydrogen-bond acceptors (Lipinski definition) is 4. The van der Waals surface area contributed by atoms with Gasteiger partial charge in [0.25, 0.3) is 0 Å². The van der Waals surface area contributed by atoms with Gasteiger partial charge in [-0.2, -0.15) is 5.10 Å². The first-order valence-corrected chi connectivity index (χ1v) is 5.96. The van der Waals surface area contributed by atoms with Gasteiger partial charge in [-0.15, -0.1) is 0 Å². The van der Waals surface area contributed by atoms with Gasteiger partial charge in [0, 0.05) is 18.6 Å². The lowest BCUT2D eigenvalue weighted by Gasteiger charge is -2.11. The molecule has 1 aromatic carbocycles. The fourth-order valence-corrected chi connectivity index (χ4v) is 1.75. The number of nitrogens with two attached hydrogens (primary N) is 1. The molecule has 0 unspecified atom stereocenters. The number of nitrogens with zero attached hydrogens (tertiary/aromatic N) is 1.